The van der Waals surface area contributed by atoms with E-state index in [1.807, 2.05) is 4.90 Å². The Bertz CT molecular complexity index is 886. The molecule has 0 atom stereocenters. The Balaban J connectivity index is 1.71. The maximum absolute atomic E-state index is 11.7. The van der Waals surface area contributed by atoms with Crippen molar-refractivity contribution in [3.63, 3.8) is 0 Å². The largest absolute Gasteiger partial charge is 0.378 e. The molecule has 2 aliphatic rings. The molecular weight excluding hydrogens is 364 g/mol. The van der Waals surface area contributed by atoms with E-state index in [1.54, 1.807) is 14.0 Å². The molecule has 1 aromatic carbocycles. The van der Waals surface area contributed by atoms with Crippen molar-refractivity contribution in [3.8, 4) is 0 Å². The van der Waals surface area contributed by atoms with Crippen LogP contribution >= 0.6 is 0 Å². The number of anilines is 1. The zero-order valence-corrected chi connectivity index (χ0v) is 17.6. The topological polar surface area (TPSA) is 58.6 Å². The third-order valence-electron chi connectivity index (χ3n) is 5.80. The summed E-state index contributed by atoms with van der Waals surface area (Å²) in [6, 6.07) is 8.61. The maximum atomic E-state index is 11.7. The highest BCUT2D eigenvalue weighted by atomic mass is 16.5. The average Bonchev–Trinajstić information content (AvgIpc) is 3.55. The number of aryl methyl sites for hydroxylation is 1. The van der Waals surface area contributed by atoms with Crippen molar-refractivity contribution in [2.45, 2.75) is 45.6 Å². The number of hydrogen-bond acceptors (Lipinski definition) is 5. The molecule has 1 aliphatic carbocycles. The molecule has 1 aromatic heterocycles. The summed E-state index contributed by atoms with van der Waals surface area (Å²) in [4.78, 5) is 25.9. The van der Waals surface area contributed by atoms with Gasteiger partial charge in [0, 0.05) is 58.1 Å². The van der Waals surface area contributed by atoms with E-state index >= 15 is 0 Å². The minimum absolute atomic E-state index is 0.145. The van der Waals surface area contributed by atoms with Crippen LogP contribution in [-0.2, 0) is 22.6 Å². The number of nitrogens with zero attached hydrogens (tertiary/aromatic N) is 4. The van der Waals surface area contributed by atoms with E-state index < -0.39 is 0 Å². The monoisotopic (exact) mass is 394 g/mol. The molecule has 1 saturated carbocycles. The van der Waals surface area contributed by atoms with Gasteiger partial charge >= 0.3 is 0 Å². The number of methoxy groups -OCH3 is 1. The Morgan fingerprint density at radius 3 is 2.55 bits per heavy atom. The number of hydrogen-bond donors (Lipinski definition) is 0. The van der Waals surface area contributed by atoms with E-state index in [9.17, 15) is 4.79 Å². The molecule has 4 rings (SSSR count). The molecule has 1 amide bonds. The van der Waals surface area contributed by atoms with Gasteiger partial charge in [0.25, 0.3) is 0 Å². The first kappa shape index (κ1) is 19.8. The Morgan fingerprint density at radius 2 is 1.93 bits per heavy atom. The number of carbonyl (C=O) groups is 1. The van der Waals surface area contributed by atoms with Crippen LogP contribution in [0.4, 0.5) is 5.82 Å². The van der Waals surface area contributed by atoms with Crippen LogP contribution in [0.15, 0.2) is 24.3 Å². The first-order valence-electron chi connectivity index (χ1n) is 10.5. The molecule has 1 saturated heterocycles. The summed E-state index contributed by atoms with van der Waals surface area (Å²) in [6.45, 7) is 7.33. The first-order chi connectivity index (χ1) is 14.0. The Kier molecular flexibility index (Phi) is 5.81. The lowest BCUT2D eigenvalue weighted by Crippen LogP contribution is -2.48. The van der Waals surface area contributed by atoms with Gasteiger partial charge in [-0.15, -0.1) is 0 Å². The summed E-state index contributed by atoms with van der Waals surface area (Å²) in [7, 11) is 1.72. The zero-order chi connectivity index (χ0) is 20.4. The first-order valence-corrected chi connectivity index (χ1v) is 10.5. The van der Waals surface area contributed by atoms with E-state index in [-0.39, 0.29) is 5.91 Å². The molecule has 6 heteroatoms. The third-order valence-corrected chi connectivity index (χ3v) is 5.80. The molecule has 154 valence electrons. The second kappa shape index (κ2) is 8.49. The van der Waals surface area contributed by atoms with Crippen LogP contribution in [0.25, 0.3) is 0 Å². The van der Waals surface area contributed by atoms with E-state index in [2.05, 4.69) is 36.1 Å². The Labute approximate surface area is 172 Å². The summed E-state index contributed by atoms with van der Waals surface area (Å²) in [5.74, 6) is 2.61. The van der Waals surface area contributed by atoms with Gasteiger partial charge in [0.15, 0.2) is 0 Å². The fourth-order valence-corrected chi connectivity index (χ4v) is 4.02. The molecule has 2 aromatic rings. The average molecular weight is 395 g/mol. The lowest BCUT2D eigenvalue weighted by Gasteiger charge is -2.36. The normalized spacial score (nSPS) is 16.9. The Morgan fingerprint density at radius 1 is 1.17 bits per heavy atom. The van der Waals surface area contributed by atoms with Gasteiger partial charge in [0.05, 0.1) is 12.3 Å². The number of carbonyl (C=O) groups excluding carboxylic acids is 1. The van der Waals surface area contributed by atoms with Gasteiger partial charge in [-0.3, -0.25) is 4.79 Å². The van der Waals surface area contributed by atoms with Crippen molar-refractivity contribution in [1.82, 2.24) is 14.9 Å². The number of amides is 1. The van der Waals surface area contributed by atoms with Crippen LogP contribution in [-0.4, -0.2) is 54.1 Å². The van der Waals surface area contributed by atoms with Crippen molar-refractivity contribution in [1.29, 1.82) is 0 Å². The summed E-state index contributed by atoms with van der Waals surface area (Å²) in [6.07, 6.45) is 3.12. The Hall–Kier alpha value is -2.47. The zero-order valence-electron chi connectivity index (χ0n) is 17.6. The molecule has 0 bridgehead atoms. The van der Waals surface area contributed by atoms with Crippen LogP contribution in [0, 0.1) is 6.92 Å². The number of benzene rings is 1. The minimum atomic E-state index is 0.145. The molecule has 0 spiro atoms. The minimum Gasteiger partial charge on any atom is -0.378 e. The molecule has 0 N–H and O–H groups in total. The number of aromatic nitrogens is 2. The van der Waals surface area contributed by atoms with Crippen molar-refractivity contribution < 1.29 is 9.53 Å². The lowest BCUT2D eigenvalue weighted by molar-refractivity contribution is -0.129. The van der Waals surface area contributed by atoms with Gasteiger partial charge < -0.3 is 14.5 Å². The van der Waals surface area contributed by atoms with E-state index in [0.717, 1.165) is 55.5 Å². The van der Waals surface area contributed by atoms with Crippen molar-refractivity contribution in [2.24, 2.45) is 0 Å². The predicted molar refractivity (Wildman–Crippen MR) is 113 cm³/mol. The van der Waals surface area contributed by atoms with Gasteiger partial charge in [-0.25, -0.2) is 9.97 Å². The molecule has 2 fully saturated rings. The van der Waals surface area contributed by atoms with Gasteiger partial charge in [-0.2, -0.15) is 0 Å². The summed E-state index contributed by atoms with van der Waals surface area (Å²) < 4.78 is 5.51. The summed E-state index contributed by atoms with van der Waals surface area (Å²) in [5, 5.41) is 0. The van der Waals surface area contributed by atoms with E-state index in [0.29, 0.717) is 12.5 Å². The van der Waals surface area contributed by atoms with Crippen molar-refractivity contribution in [2.75, 3.05) is 38.2 Å². The summed E-state index contributed by atoms with van der Waals surface area (Å²) >= 11 is 0. The summed E-state index contributed by atoms with van der Waals surface area (Å²) in [5.41, 5.74) is 4.66. The van der Waals surface area contributed by atoms with Crippen LogP contribution in [0.1, 0.15) is 53.9 Å². The smallest absolute Gasteiger partial charge is 0.219 e. The van der Waals surface area contributed by atoms with Gasteiger partial charge in [-0.1, -0.05) is 29.8 Å². The highest BCUT2D eigenvalue weighted by Gasteiger charge is 2.31. The highest BCUT2D eigenvalue weighted by molar-refractivity contribution is 5.73. The highest BCUT2D eigenvalue weighted by Crippen LogP contribution is 2.40. The van der Waals surface area contributed by atoms with Gasteiger partial charge in [0.1, 0.15) is 11.6 Å². The number of piperazine rings is 1. The van der Waals surface area contributed by atoms with Crippen molar-refractivity contribution in [3.05, 3.63) is 52.5 Å². The van der Waals surface area contributed by atoms with E-state index in [4.69, 9.17) is 14.7 Å². The second-order valence-corrected chi connectivity index (χ2v) is 8.20. The predicted octanol–water partition coefficient (Wildman–Crippen LogP) is 3.07. The molecule has 2 heterocycles. The second-order valence-electron chi connectivity index (χ2n) is 8.20. The molecule has 0 radical (unpaired) electrons. The van der Waals surface area contributed by atoms with Crippen LogP contribution < -0.4 is 4.90 Å². The SMILES string of the molecule is COCc1nc(C2CC2)nc(N2CCN(C(C)=O)CC2)c1Cc1cccc(C)c1. The maximum Gasteiger partial charge on any atom is 0.219 e. The molecule has 0 unspecified atom stereocenters. The van der Waals surface area contributed by atoms with Gasteiger partial charge in [-0.05, 0) is 25.3 Å². The van der Waals surface area contributed by atoms with Crippen LogP contribution in [0.2, 0.25) is 0 Å². The molecular formula is C23H30N4O2. The molecule has 29 heavy (non-hydrogen) atoms. The third kappa shape index (κ3) is 4.58. The fourth-order valence-electron chi connectivity index (χ4n) is 4.02. The van der Waals surface area contributed by atoms with Crippen LogP contribution in [0.5, 0.6) is 0 Å². The van der Waals surface area contributed by atoms with Gasteiger partial charge in [0.2, 0.25) is 5.91 Å². The number of ether oxygens (including phenoxy) is 1. The fraction of sp³-hybridized carbons (Fsp3) is 0.522. The quantitative estimate of drug-likeness (QED) is 0.754. The number of rotatable bonds is 6. The molecule has 1 aliphatic heterocycles. The van der Waals surface area contributed by atoms with E-state index in [1.165, 1.54) is 24.0 Å². The lowest BCUT2D eigenvalue weighted by atomic mass is 10.0. The van der Waals surface area contributed by atoms with Crippen LogP contribution in [0.3, 0.4) is 0 Å². The molecule has 6 nitrogen and oxygen atoms in total. The van der Waals surface area contributed by atoms with Crippen molar-refractivity contribution >= 4 is 11.7 Å². The standard InChI is InChI=1S/C23H30N4O2/c1-16-5-4-6-18(13-16)14-20-21(15-29-3)24-22(19-7-8-19)25-23(20)27-11-9-26(10-12-27)17(2)28/h4-6,13,19H,7-12,14-15H2,1-3H3.